The largest absolute Gasteiger partial charge is 0.493 e. The third-order valence-corrected chi connectivity index (χ3v) is 3.20. The fourth-order valence-corrected chi connectivity index (χ4v) is 2.22. The molecule has 0 radical (unpaired) electrons. The van der Waals surface area contributed by atoms with E-state index in [1.165, 1.54) is 0 Å². The zero-order chi connectivity index (χ0) is 12.1. The van der Waals surface area contributed by atoms with Gasteiger partial charge in [-0.2, -0.15) is 0 Å². The third-order valence-electron chi connectivity index (χ3n) is 3.20. The fourth-order valence-electron chi connectivity index (χ4n) is 2.22. The van der Waals surface area contributed by atoms with Crippen LogP contribution in [0.4, 0.5) is 0 Å². The van der Waals surface area contributed by atoms with Crippen molar-refractivity contribution in [2.75, 3.05) is 13.2 Å². The Balaban J connectivity index is 1.73. The SMILES string of the molecule is CC1CCCN1C(=O)CCOc1ccccc1. The van der Waals surface area contributed by atoms with Crippen molar-refractivity contribution >= 4 is 5.91 Å². The lowest BCUT2D eigenvalue weighted by molar-refractivity contribution is -0.132. The second-order valence-corrected chi connectivity index (χ2v) is 4.49. The van der Waals surface area contributed by atoms with Gasteiger partial charge in [-0.3, -0.25) is 4.79 Å². The van der Waals surface area contributed by atoms with Crippen LogP contribution in [0.25, 0.3) is 0 Å². The lowest BCUT2D eigenvalue weighted by Crippen LogP contribution is -2.34. The number of rotatable bonds is 4. The minimum absolute atomic E-state index is 0.214. The predicted molar refractivity (Wildman–Crippen MR) is 67.0 cm³/mol. The van der Waals surface area contributed by atoms with Crippen LogP contribution in [0.1, 0.15) is 26.2 Å². The number of hydrogen-bond acceptors (Lipinski definition) is 2. The molecule has 3 nitrogen and oxygen atoms in total. The quantitative estimate of drug-likeness (QED) is 0.799. The molecule has 1 heterocycles. The van der Waals surface area contributed by atoms with Crippen molar-refractivity contribution < 1.29 is 9.53 Å². The number of hydrogen-bond donors (Lipinski definition) is 0. The summed E-state index contributed by atoms with van der Waals surface area (Å²) in [6.45, 7) is 3.49. The summed E-state index contributed by atoms with van der Waals surface area (Å²) in [5, 5.41) is 0. The smallest absolute Gasteiger partial charge is 0.226 e. The molecule has 1 amide bonds. The zero-order valence-corrected chi connectivity index (χ0v) is 10.3. The standard InChI is InChI=1S/C14H19NO2/c1-12-6-5-10-15(12)14(16)9-11-17-13-7-3-2-4-8-13/h2-4,7-8,12H,5-6,9-11H2,1H3. The molecule has 2 rings (SSSR count). The normalized spacial score (nSPS) is 19.4. The maximum absolute atomic E-state index is 11.9. The van der Waals surface area contributed by atoms with Gasteiger partial charge in [0.1, 0.15) is 5.75 Å². The van der Waals surface area contributed by atoms with Gasteiger partial charge in [0.05, 0.1) is 13.0 Å². The van der Waals surface area contributed by atoms with Crippen LogP contribution in [0.2, 0.25) is 0 Å². The zero-order valence-electron chi connectivity index (χ0n) is 10.3. The average molecular weight is 233 g/mol. The van der Waals surface area contributed by atoms with E-state index in [1.54, 1.807) is 0 Å². The maximum Gasteiger partial charge on any atom is 0.226 e. The molecule has 0 N–H and O–H groups in total. The van der Waals surface area contributed by atoms with E-state index in [1.807, 2.05) is 35.2 Å². The Kier molecular flexibility index (Phi) is 4.02. The fraction of sp³-hybridized carbons (Fsp3) is 0.500. The Hall–Kier alpha value is -1.51. The van der Waals surface area contributed by atoms with Crippen LogP contribution in [0, 0.1) is 0 Å². The molecular formula is C14H19NO2. The summed E-state index contributed by atoms with van der Waals surface area (Å²) in [5.74, 6) is 1.04. The van der Waals surface area contributed by atoms with E-state index in [4.69, 9.17) is 4.74 Å². The molecule has 1 aliphatic heterocycles. The van der Waals surface area contributed by atoms with Gasteiger partial charge in [-0.15, -0.1) is 0 Å². The van der Waals surface area contributed by atoms with Gasteiger partial charge in [0.25, 0.3) is 0 Å². The highest BCUT2D eigenvalue weighted by molar-refractivity contribution is 5.76. The Morgan fingerprint density at radius 1 is 1.41 bits per heavy atom. The van der Waals surface area contributed by atoms with Crippen molar-refractivity contribution in [3.63, 3.8) is 0 Å². The summed E-state index contributed by atoms with van der Waals surface area (Å²) in [6, 6.07) is 10.0. The van der Waals surface area contributed by atoms with Crippen LogP contribution >= 0.6 is 0 Å². The Labute approximate surface area is 102 Å². The third kappa shape index (κ3) is 3.22. The van der Waals surface area contributed by atoms with Crippen molar-refractivity contribution in [1.29, 1.82) is 0 Å². The van der Waals surface area contributed by atoms with E-state index in [0.29, 0.717) is 19.1 Å². The van der Waals surface area contributed by atoms with Crippen LogP contribution in [-0.4, -0.2) is 30.0 Å². The van der Waals surface area contributed by atoms with E-state index in [-0.39, 0.29) is 5.91 Å². The van der Waals surface area contributed by atoms with E-state index in [2.05, 4.69) is 6.92 Å². The Morgan fingerprint density at radius 2 is 2.18 bits per heavy atom. The molecule has 3 heteroatoms. The summed E-state index contributed by atoms with van der Waals surface area (Å²) < 4.78 is 5.52. The van der Waals surface area contributed by atoms with Crippen LogP contribution in [0.15, 0.2) is 30.3 Å². The van der Waals surface area contributed by atoms with Crippen molar-refractivity contribution in [3.05, 3.63) is 30.3 Å². The van der Waals surface area contributed by atoms with Gasteiger partial charge in [0.2, 0.25) is 5.91 Å². The van der Waals surface area contributed by atoms with Crippen LogP contribution in [0.5, 0.6) is 5.75 Å². The molecule has 1 aromatic rings. The molecule has 0 bridgehead atoms. The van der Waals surface area contributed by atoms with Crippen molar-refractivity contribution in [2.45, 2.75) is 32.2 Å². The molecule has 0 aromatic heterocycles. The second kappa shape index (κ2) is 5.71. The molecule has 1 fully saturated rings. The maximum atomic E-state index is 11.9. The van der Waals surface area contributed by atoms with Crippen molar-refractivity contribution in [3.8, 4) is 5.75 Å². The molecule has 1 aromatic carbocycles. The van der Waals surface area contributed by atoms with Crippen molar-refractivity contribution in [1.82, 2.24) is 4.90 Å². The number of para-hydroxylation sites is 1. The van der Waals surface area contributed by atoms with Gasteiger partial charge in [-0.1, -0.05) is 18.2 Å². The van der Waals surface area contributed by atoms with Crippen LogP contribution in [0.3, 0.4) is 0 Å². The van der Waals surface area contributed by atoms with E-state index >= 15 is 0 Å². The molecule has 92 valence electrons. The molecule has 1 unspecified atom stereocenters. The minimum Gasteiger partial charge on any atom is -0.493 e. The number of ether oxygens (including phenoxy) is 1. The summed E-state index contributed by atoms with van der Waals surface area (Å²) in [6.07, 6.45) is 2.73. The summed E-state index contributed by atoms with van der Waals surface area (Å²) >= 11 is 0. The number of likely N-dealkylation sites (tertiary alicyclic amines) is 1. The highest BCUT2D eigenvalue weighted by Crippen LogP contribution is 2.17. The highest BCUT2D eigenvalue weighted by atomic mass is 16.5. The molecule has 17 heavy (non-hydrogen) atoms. The van der Waals surface area contributed by atoms with Gasteiger partial charge in [-0.05, 0) is 31.9 Å². The van der Waals surface area contributed by atoms with Crippen LogP contribution in [-0.2, 0) is 4.79 Å². The Bertz CT molecular complexity index is 364. The van der Waals surface area contributed by atoms with Gasteiger partial charge >= 0.3 is 0 Å². The number of amides is 1. The monoisotopic (exact) mass is 233 g/mol. The summed E-state index contributed by atoms with van der Waals surface area (Å²) in [4.78, 5) is 13.9. The van der Waals surface area contributed by atoms with Crippen LogP contribution < -0.4 is 4.74 Å². The van der Waals surface area contributed by atoms with Gasteiger partial charge in [0, 0.05) is 12.6 Å². The minimum atomic E-state index is 0.214. The first-order valence-electron chi connectivity index (χ1n) is 6.24. The van der Waals surface area contributed by atoms with Gasteiger partial charge in [0.15, 0.2) is 0 Å². The first-order valence-corrected chi connectivity index (χ1v) is 6.24. The number of carbonyl (C=O) groups excluding carboxylic acids is 1. The van der Waals surface area contributed by atoms with Crippen molar-refractivity contribution in [2.24, 2.45) is 0 Å². The molecule has 1 aliphatic rings. The number of benzene rings is 1. The Morgan fingerprint density at radius 3 is 2.82 bits per heavy atom. The number of carbonyl (C=O) groups is 1. The van der Waals surface area contributed by atoms with E-state index in [9.17, 15) is 4.79 Å². The molecule has 1 saturated heterocycles. The molecule has 0 spiro atoms. The topological polar surface area (TPSA) is 29.5 Å². The lowest BCUT2D eigenvalue weighted by Gasteiger charge is -2.21. The first kappa shape index (κ1) is 12.0. The molecule has 0 saturated carbocycles. The van der Waals surface area contributed by atoms with Gasteiger partial charge < -0.3 is 9.64 Å². The molecule has 0 aliphatic carbocycles. The second-order valence-electron chi connectivity index (χ2n) is 4.49. The van der Waals surface area contributed by atoms with Gasteiger partial charge in [-0.25, -0.2) is 0 Å². The molecule has 1 atom stereocenters. The first-order chi connectivity index (χ1) is 8.27. The van der Waals surface area contributed by atoms with E-state index < -0.39 is 0 Å². The summed E-state index contributed by atoms with van der Waals surface area (Å²) in [7, 11) is 0. The van der Waals surface area contributed by atoms with E-state index in [0.717, 1.165) is 25.1 Å². The highest BCUT2D eigenvalue weighted by Gasteiger charge is 2.24. The average Bonchev–Trinajstić information content (AvgIpc) is 2.77. The lowest BCUT2D eigenvalue weighted by atomic mass is 10.2. The predicted octanol–water partition coefficient (Wildman–Crippen LogP) is 2.47. The molecular weight excluding hydrogens is 214 g/mol. The summed E-state index contributed by atoms with van der Waals surface area (Å²) in [5.41, 5.74) is 0. The number of nitrogens with zero attached hydrogens (tertiary/aromatic N) is 1.